The summed E-state index contributed by atoms with van der Waals surface area (Å²) in [5.74, 6) is 0.930. The second-order valence-electron chi connectivity index (χ2n) is 6.45. The minimum atomic E-state index is -0.154. The number of rotatable bonds is 2. The van der Waals surface area contributed by atoms with Crippen molar-refractivity contribution in [3.8, 4) is 0 Å². The number of anilines is 2. The van der Waals surface area contributed by atoms with Crippen molar-refractivity contribution < 1.29 is 9.37 Å². The van der Waals surface area contributed by atoms with Gasteiger partial charge in [-0.2, -0.15) is 0 Å². The Morgan fingerprint density at radius 1 is 0.960 bits per heavy atom. The van der Waals surface area contributed by atoms with E-state index in [1.54, 1.807) is 6.07 Å². The van der Waals surface area contributed by atoms with E-state index in [0.29, 0.717) is 5.69 Å². The molecular weight excluding hydrogens is 337 g/mol. The van der Waals surface area contributed by atoms with Crippen molar-refractivity contribution in [1.29, 1.82) is 0 Å². The van der Waals surface area contributed by atoms with E-state index < -0.39 is 0 Å². The van der Waals surface area contributed by atoms with Gasteiger partial charge in [0.2, 0.25) is 0 Å². The Labute approximate surface area is 151 Å². The number of aromatic nitrogens is 1. The van der Waals surface area contributed by atoms with Gasteiger partial charge in [0.15, 0.2) is 0 Å². The average molecular weight is 357 g/mol. The summed E-state index contributed by atoms with van der Waals surface area (Å²) >= 11 is 6.14. The maximum atomic E-state index is 14.0. The van der Waals surface area contributed by atoms with Gasteiger partial charge in [-0.3, -0.25) is 4.90 Å². The number of piperazine rings is 1. The lowest BCUT2D eigenvalue weighted by Crippen LogP contribution is -2.48. The fourth-order valence-electron chi connectivity index (χ4n) is 3.49. The molecular formula is C20H20ClFN3+. The summed E-state index contributed by atoms with van der Waals surface area (Å²) in [7, 11) is 0. The molecule has 2 aromatic carbocycles. The van der Waals surface area contributed by atoms with Gasteiger partial charge in [-0.05, 0) is 36.8 Å². The number of benzene rings is 2. The van der Waals surface area contributed by atoms with Crippen LogP contribution >= 0.6 is 11.6 Å². The van der Waals surface area contributed by atoms with Gasteiger partial charge >= 0.3 is 0 Å². The van der Waals surface area contributed by atoms with Crippen molar-refractivity contribution in [2.45, 2.75) is 6.92 Å². The van der Waals surface area contributed by atoms with Gasteiger partial charge in [0.05, 0.1) is 18.8 Å². The van der Waals surface area contributed by atoms with Gasteiger partial charge in [-0.15, -0.1) is 0 Å². The summed E-state index contributed by atoms with van der Waals surface area (Å²) in [5, 5.41) is 1.91. The molecule has 3 aromatic rings. The van der Waals surface area contributed by atoms with E-state index in [0.717, 1.165) is 42.5 Å². The molecule has 128 valence electrons. The fraction of sp³-hybridized carbons (Fsp3) is 0.250. The Bertz CT molecular complexity index is 920. The van der Waals surface area contributed by atoms with Crippen LogP contribution in [0.25, 0.3) is 10.9 Å². The maximum Gasteiger partial charge on any atom is 0.275 e. The molecule has 5 heteroatoms. The zero-order valence-corrected chi connectivity index (χ0v) is 14.9. The van der Waals surface area contributed by atoms with Crippen molar-refractivity contribution in [2.75, 3.05) is 36.0 Å². The number of nitrogens with one attached hydrogen (secondary N) is 1. The van der Waals surface area contributed by atoms with E-state index in [2.05, 4.69) is 27.8 Å². The number of aromatic amines is 1. The van der Waals surface area contributed by atoms with Crippen molar-refractivity contribution in [2.24, 2.45) is 0 Å². The van der Waals surface area contributed by atoms with Crippen LogP contribution in [0.5, 0.6) is 0 Å². The van der Waals surface area contributed by atoms with E-state index in [1.165, 1.54) is 17.0 Å². The SMILES string of the molecule is Cc1cc(N2CCN(c3ccccc3F)CC2)[nH+]c2cc(Cl)ccc12. The number of halogens is 2. The highest BCUT2D eigenvalue weighted by Crippen LogP contribution is 2.24. The molecule has 0 atom stereocenters. The fourth-order valence-corrected chi connectivity index (χ4v) is 3.66. The average Bonchev–Trinajstić information content (AvgIpc) is 2.62. The number of para-hydroxylation sites is 1. The van der Waals surface area contributed by atoms with Crippen molar-refractivity contribution in [3.63, 3.8) is 0 Å². The molecule has 3 nitrogen and oxygen atoms in total. The molecule has 0 unspecified atom stereocenters. The number of nitrogens with zero attached hydrogens (tertiary/aromatic N) is 2. The smallest absolute Gasteiger partial charge is 0.275 e. The van der Waals surface area contributed by atoms with E-state index >= 15 is 0 Å². The molecule has 1 N–H and O–H groups in total. The normalized spacial score (nSPS) is 15.0. The maximum absolute atomic E-state index is 14.0. The molecule has 1 aliphatic heterocycles. The van der Waals surface area contributed by atoms with Crippen LogP contribution in [-0.4, -0.2) is 26.2 Å². The Morgan fingerprint density at radius 3 is 2.44 bits per heavy atom. The molecule has 0 saturated carbocycles. The molecule has 0 spiro atoms. The van der Waals surface area contributed by atoms with Crippen LogP contribution in [0.3, 0.4) is 0 Å². The standard InChI is InChI=1S/C20H19ClFN3/c1-14-12-20(23-18-13-15(21)6-7-16(14)18)25-10-8-24(9-11-25)19-5-3-2-4-17(19)22/h2-7,12-13H,8-11H2,1H3/p+1. The Morgan fingerprint density at radius 2 is 1.68 bits per heavy atom. The lowest BCUT2D eigenvalue weighted by atomic mass is 10.1. The molecule has 1 fully saturated rings. The van der Waals surface area contributed by atoms with Gasteiger partial charge in [0.1, 0.15) is 24.4 Å². The van der Waals surface area contributed by atoms with Crippen LogP contribution in [0, 0.1) is 12.7 Å². The zero-order chi connectivity index (χ0) is 17.4. The number of hydrogen-bond donors (Lipinski definition) is 0. The van der Waals surface area contributed by atoms with Crippen LogP contribution in [0.2, 0.25) is 5.02 Å². The first-order valence-electron chi connectivity index (χ1n) is 8.48. The Balaban J connectivity index is 1.56. The topological polar surface area (TPSA) is 20.6 Å². The first-order valence-corrected chi connectivity index (χ1v) is 8.86. The van der Waals surface area contributed by atoms with E-state index in [9.17, 15) is 4.39 Å². The van der Waals surface area contributed by atoms with Crippen molar-refractivity contribution in [1.82, 2.24) is 0 Å². The largest absolute Gasteiger partial charge is 0.361 e. The molecule has 25 heavy (non-hydrogen) atoms. The number of H-pyrrole nitrogens is 1. The van der Waals surface area contributed by atoms with Crippen molar-refractivity contribution >= 4 is 34.0 Å². The summed E-state index contributed by atoms with van der Waals surface area (Å²) in [5.41, 5.74) is 2.95. The summed E-state index contributed by atoms with van der Waals surface area (Å²) in [6.45, 7) is 5.39. The summed E-state index contributed by atoms with van der Waals surface area (Å²) < 4.78 is 14.0. The van der Waals surface area contributed by atoms with Crippen LogP contribution in [0.4, 0.5) is 15.9 Å². The van der Waals surface area contributed by atoms with Gasteiger partial charge in [-0.25, -0.2) is 9.37 Å². The monoisotopic (exact) mass is 356 g/mol. The lowest BCUT2D eigenvalue weighted by Gasteiger charge is -2.32. The number of aryl methyl sites for hydroxylation is 1. The second kappa shape index (κ2) is 6.52. The summed E-state index contributed by atoms with van der Waals surface area (Å²) in [4.78, 5) is 7.91. The highest BCUT2D eigenvalue weighted by atomic mass is 35.5. The highest BCUT2D eigenvalue weighted by molar-refractivity contribution is 6.31. The molecule has 4 rings (SSSR count). The molecule has 0 amide bonds. The lowest BCUT2D eigenvalue weighted by molar-refractivity contribution is -0.330. The summed E-state index contributed by atoms with van der Waals surface area (Å²) in [6.07, 6.45) is 0. The number of fused-ring (bicyclic) bond motifs is 1. The van der Waals surface area contributed by atoms with Crippen LogP contribution in [0.15, 0.2) is 48.5 Å². The molecule has 0 radical (unpaired) electrons. The van der Waals surface area contributed by atoms with Gasteiger partial charge in [0.25, 0.3) is 5.82 Å². The first kappa shape index (κ1) is 16.2. The van der Waals surface area contributed by atoms with E-state index in [1.807, 2.05) is 30.3 Å². The second-order valence-corrected chi connectivity index (χ2v) is 6.89. The van der Waals surface area contributed by atoms with Crippen LogP contribution in [0.1, 0.15) is 5.56 Å². The minimum absolute atomic E-state index is 0.154. The molecule has 2 heterocycles. The quantitative estimate of drug-likeness (QED) is 0.689. The van der Waals surface area contributed by atoms with Crippen molar-refractivity contribution in [3.05, 3.63) is 64.9 Å². The number of hydrogen-bond acceptors (Lipinski definition) is 2. The third kappa shape index (κ3) is 3.14. The van der Waals surface area contributed by atoms with E-state index in [4.69, 9.17) is 11.6 Å². The summed E-state index contributed by atoms with van der Waals surface area (Å²) in [6, 6.07) is 15.1. The van der Waals surface area contributed by atoms with Crippen LogP contribution in [-0.2, 0) is 0 Å². The first-order chi connectivity index (χ1) is 12.1. The van der Waals surface area contributed by atoms with Gasteiger partial charge in [0, 0.05) is 22.5 Å². The van der Waals surface area contributed by atoms with Gasteiger partial charge < -0.3 is 4.90 Å². The van der Waals surface area contributed by atoms with Crippen LogP contribution < -0.4 is 14.8 Å². The van der Waals surface area contributed by atoms with Gasteiger partial charge in [-0.1, -0.05) is 23.7 Å². The predicted octanol–water partition coefficient (Wildman–Crippen LogP) is 4.08. The Hall–Kier alpha value is -2.33. The highest BCUT2D eigenvalue weighted by Gasteiger charge is 2.25. The minimum Gasteiger partial charge on any atom is -0.361 e. The third-order valence-corrected chi connectivity index (χ3v) is 5.07. The Kier molecular flexibility index (Phi) is 4.22. The molecule has 1 saturated heterocycles. The molecule has 1 aromatic heterocycles. The zero-order valence-electron chi connectivity index (χ0n) is 14.1. The third-order valence-electron chi connectivity index (χ3n) is 4.84. The molecule has 0 bridgehead atoms. The van der Waals surface area contributed by atoms with E-state index in [-0.39, 0.29) is 5.82 Å². The molecule has 1 aliphatic rings. The predicted molar refractivity (Wildman–Crippen MR) is 101 cm³/mol. The number of pyridine rings is 1. The molecule has 0 aliphatic carbocycles.